The van der Waals surface area contributed by atoms with Gasteiger partial charge in [0.05, 0.1) is 22.6 Å². The monoisotopic (exact) mass is 470 g/mol. The van der Waals surface area contributed by atoms with Gasteiger partial charge in [-0.15, -0.1) is 13.2 Å². The number of rotatable bonds is 4. The van der Waals surface area contributed by atoms with Crippen molar-refractivity contribution < 1.29 is 31.8 Å². The molecule has 4 rings (SSSR count). The molecule has 172 valence electrons. The first-order chi connectivity index (χ1) is 15.0. The molecule has 8 nitrogen and oxygen atoms in total. The van der Waals surface area contributed by atoms with Crippen molar-refractivity contribution in [2.75, 3.05) is 29.9 Å². The molecule has 0 spiro atoms. The summed E-state index contributed by atoms with van der Waals surface area (Å²) in [4.78, 5) is 19.0. The summed E-state index contributed by atoms with van der Waals surface area (Å²) in [5.41, 5.74) is 1.29. The summed E-state index contributed by atoms with van der Waals surface area (Å²) in [6.45, 7) is 0.470. The van der Waals surface area contributed by atoms with Crippen molar-refractivity contribution in [1.29, 1.82) is 0 Å². The van der Waals surface area contributed by atoms with Crippen LogP contribution in [-0.4, -0.2) is 60.4 Å². The van der Waals surface area contributed by atoms with Gasteiger partial charge < -0.3 is 19.5 Å². The van der Waals surface area contributed by atoms with E-state index in [0.717, 1.165) is 0 Å². The molecule has 32 heavy (non-hydrogen) atoms. The number of nitrogens with zero attached hydrogens (tertiary/aromatic N) is 3. The SMILES string of the molecule is Cn1ccc2c(Nc3cccc(OC(F)(F)F)c3)ncc(C(=O)N3CCS(O)(O)CC3)c21. The lowest BCUT2D eigenvalue weighted by Gasteiger charge is -2.40. The summed E-state index contributed by atoms with van der Waals surface area (Å²) in [7, 11) is -0.862. The Labute approximate surface area is 183 Å². The van der Waals surface area contributed by atoms with Gasteiger partial charge in [-0.25, -0.2) is 4.98 Å². The maximum Gasteiger partial charge on any atom is 0.573 e. The van der Waals surface area contributed by atoms with Crippen LogP contribution in [0.1, 0.15) is 10.4 Å². The Balaban J connectivity index is 1.62. The second kappa shape index (κ2) is 8.19. The van der Waals surface area contributed by atoms with E-state index in [0.29, 0.717) is 28.0 Å². The van der Waals surface area contributed by atoms with Crippen LogP contribution in [0.25, 0.3) is 10.9 Å². The minimum atomic E-state index is -4.80. The highest BCUT2D eigenvalue weighted by molar-refractivity contribution is 8.24. The molecule has 3 aromatic rings. The molecule has 1 aromatic carbocycles. The van der Waals surface area contributed by atoms with E-state index < -0.39 is 17.0 Å². The van der Waals surface area contributed by atoms with E-state index >= 15 is 0 Å². The van der Waals surface area contributed by atoms with Crippen LogP contribution in [0.15, 0.2) is 42.7 Å². The van der Waals surface area contributed by atoms with E-state index in [-0.39, 0.29) is 36.3 Å². The van der Waals surface area contributed by atoms with Crippen molar-refractivity contribution in [3.63, 3.8) is 0 Å². The first-order valence-electron chi connectivity index (χ1n) is 9.62. The number of amides is 1. The third kappa shape index (κ3) is 4.76. The summed E-state index contributed by atoms with van der Waals surface area (Å²) >= 11 is 0. The highest BCUT2D eigenvalue weighted by Gasteiger charge is 2.31. The number of pyridine rings is 1. The van der Waals surface area contributed by atoms with Gasteiger partial charge >= 0.3 is 6.36 Å². The number of aryl methyl sites for hydroxylation is 1. The lowest BCUT2D eigenvalue weighted by atomic mass is 10.1. The molecule has 0 aliphatic carbocycles. The van der Waals surface area contributed by atoms with Crippen molar-refractivity contribution in [2.45, 2.75) is 6.36 Å². The Hall–Kier alpha value is -2.96. The Morgan fingerprint density at radius 3 is 2.62 bits per heavy atom. The van der Waals surface area contributed by atoms with Crippen molar-refractivity contribution >= 4 is 38.9 Å². The van der Waals surface area contributed by atoms with Crippen molar-refractivity contribution in [1.82, 2.24) is 14.5 Å². The zero-order valence-corrected chi connectivity index (χ0v) is 17.8. The minimum Gasteiger partial charge on any atom is -0.406 e. The van der Waals surface area contributed by atoms with Crippen LogP contribution < -0.4 is 10.1 Å². The molecular formula is C20H21F3N4O4S. The molecule has 12 heteroatoms. The number of ether oxygens (including phenoxy) is 1. The molecule has 1 saturated heterocycles. The quantitative estimate of drug-likeness (QED) is 0.522. The number of halogens is 3. The fourth-order valence-electron chi connectivity index (χ4n) is 3.58. The average Bonchev–Trinajstić information content (AvgIpc) is 3.09. The summed E-state index contributed by atoms with van der Waals surface area (Å²) in [6.07, 6.45) is -1.63. The third-order valence-electron chi connectivity index (χ3n) is 5.13. The van der Waals surface area contributed by atoms with E-state index in [9.17, 15) is 27.1 Å². The van der Waals surface area contributed by atoms with Gasteiger partial charge in [0.15, 0.2) is 0 Å². The lowest BCUT2D eigenvalue weighted by molar-refractivity contribution is -0.274. The fourth-order valence-corrected chi connectivity index (χ4v) is 4.81. The maximum atomic E-state index is 13.1. The van der Waals surface area contributed by atoms with Gasteiger partial charge in [-0.3, -0.25) is 13.9 Å². The van der Waals surface area contributed by atoms with Gasteiger partial charge in [0.25, 0.3) is 5.91 Å². The molecular weight excluding hydrogens is 449 g/mol. The third-order valence-corrected chi connectivity index (χ3v) is 6.80. The molecule has 2 aromatic heterocycles. The van der Waals surface area contributed by atoms with E-state index in [1.54, 1.807) is 34.8 Å². The number of alkyl halides is 3. The molecule has 0 saturated carbocycles. The van der Waals surface area contributed by atoms with E-state index in [1.165, 1.54) is 24.4 Å². The molecule has 3 N–H and O–H groups in total. The molecule has 1 aliphatic heterocycles. The van der Waals surface area contributed by atoms with Crippen LogP contribution in [0.3, 0.4) is 0 Å². The zero-order chi connectivity index (χ0) is 23.1. The van der Waals surface area contributed by atoms with Crippen molar-refractivity contribution in [3.05, 3.63) is 48.3 Å². The van der Waals surface area contributed by atoms with Crippen molar-refractivity contribution in [3.8, 4) is 5.75 Å². The van der Waals surface area contributed by atoms with Gasteiger partial charge in [-0.1, -0.05) is 6.07 Å². The van der Waals surface area contributed by atoms with Crippen LogP contribution in [-0.2, 0) is 7.05 Å². The summed E-state index contributed by atoms with van der Waals surface area (Å²) < 4.78 is 62.8. The largest absolute Gasteiger partial charge is 0.573 e. The Kier molecular flexibility index (Phi) is 5.69. The number of carbonyl (C=O) groups is 1. The second-order valence-electron chi connectivity index (χ2n) is 7.41. The summed E-state index contributed by atoms with van der Waals surface area (Å²) in [6, 6.07) is 7.15. The number of benzene rings is 1. The number of hydrogen-bond acceptors (Lipinski definition) is 6. The van der Waals surface area contributed by atoms with Crippen LogP contribution >= 0.6 is 10.6 Å². The van der Waals surface area contributed by atoms with Crippen LogP contribution in [0.4, 0.5) is 24.7 Å². The van der Waals surface area contributed by atoms with Crippen molar-refractivity contribution in [2.24, 2.45) is 7.05 Å². The summed E-state index contributed by atoms with van der Waals surface area (Å²) in [5.74, 6) is 0.00625. The molecule has 0 atom stereocenters. The topological polar surface area (TPSA) is 99.9 Å². The van der Waals surface area contributed by atoms with Gasteiger partial charge in [0.2, 0.25) is 0 Å². The van der Waals surface area contributed by atoms with Gasteiger partial charge in [0.1, 0.15) is 11.6 Å². The van der Waals surface area contributed by atoms with E-state index in [2.05, 4.69) is 15.0 Å². The number of fused-ring (bicyclic) bond motifs is 1. The standard InChI is InChI=1S/C20H21F3N4O4S/c1-26-6-5-15-17(26)16(19(28)27-7-9-32(29,30)10-8-27)12-24-18(15)25-13-3-2-4-14(11-13)31-20(21,22)23/h2-6,11-12,29-30H,7-10H2,1H3,(H,24,25). The fraction of sp³-hybridized carbons (Fsp3) is 0.300. The number of anilines is 2. The predicted molar refractivity (Wildman–Crippen MR) is 116 cm³/mol. The minimum absolute atomic E-state index is 0.137. The molecule has 0 bridgehead atoms. The molecule has 1 fully saturated rings. The first-order valence-corrected chi connectivity index (χ1v) is 11.5. The number of carbonyl (C=O) groups excluding carboxylic acids is 1. The Morgan fingerprint density at radius 2 is 1.94 bits per heavy atom. The molecule has 0 radical (unpaired) electrons. The van der Waals surface area contributed by atoms with Gasteiger partial charge in [0, 0.05) is 49.7 Å². The summed E-state index contributed by atoms with van der Waals surface area (Å²) in [5, 5.41) is 3.60. The predicted octanol–water partition coefficient (Wildman–Crippen LogP) is 4.42. The number of hydrogen-bond donors (Lipinski definition) is 3. The van der Waals surface area contributed by atoms with Gasteiger partial charge in [-0.05, 0) is 18.2 Å². The average molecular weight is 470 g/mol. The molecule has 1 amide bonds. The zero-order valence-electron chi connectivity index (χ0n) is 17.0. The number of aromatic nitrogens is 2. The molecule has 0 unspecified atom stereocenters. The Morgan fingerprint density at radius 1 is 1.22 bits per heavy atom. The lowest BCUT2D eigenvalue weighted by Crippen LogP contribution is -2.42. The van der Waals surface area contributed by atoms with Gasteiger partial charge in [-0.2, -0.15) is 10.6 Å². The van der Waals surface area contributed by atoms with E-state index in [4.69, 9.17) is 0 Å². The van der Waals surface area contributed by atoms with Crippen LogP contribution in [0, 0.1) is 0 Å². The molecule has 3 heterocycles. The highest BCUT2D eigenvalue weighted by Crippen LogP contribution is 2.40. The van der Waals surface area contributed by atoms with Crippen LogP contribution in [0.2, 0.25) is 0 Å². The van der Waals surface area contributed by atoms with Crippen LogP contribution in [0.5, 0.6) is 5.75 Å². The second-order valence-corrected chi connectivity index (χ2v) is 9.83. The smallest absolute Gasteiger partial charge is 0.406 e. The number of nitrogens with one attached hydrogen (secondary N) is 1. The first kappa shape index (κ1) is 22.2. The molecule has 1 aliphatic rings. The normalized spacial score (nSPS) is 17.2. The highest BCUT2D eigenvalue weighted by atomic mass is 32.3. The Bertz CT molecular complexity index is 1160. The van der Waals surface area contributed by atoms with E-state index in [1.807, 2.05) is 0 Å². The maximum absolute atomic E-state index is 13.1.